The van der Waals surface area contributed by atoms with Crippen LogP contribution >= 0.6 is 0 Å². The van der Waals surface area contributed by atoms with Crippen molar-refractivity contribution in [1.82, 2.24) is 0 Å². The maximum absolute atomic E-state index is 14.4. The SMILES string of the molecule is CCC(C)(C)C(=O)OC(C)CC(OC(C)(CC)C(=O)OC(CC(O)(C(F)(F)F)C(F)(F)F)C1CCCCC1)(C(F)(F)F)C(F)(F)F. The van der Waals surface area contributed by atoms with Gasteiger partial charge in [0.25, 0.3) is 11.2 Å². The highest BCUT2D eigenvalue weighted by Crippen LogP contribution is 2.52. The quantitative estimate of drug-likeness (QED) is 0.153. The molecule has 0 aliphatic heterocycles. The molecule has 3 unspecified atom stereocenters. The molecule has 1 rings (SSSR count). The van der Waals surface area contributed by atoms with E-state index in [-0.39, 0.29) is 32.1 Å². The van der Waals surface area contributed by atoms with Gasteiger partial charge >= 0.3 is 36.6 Å². The van der Waals surface area contributed by atoms with E-state index in [4.69, 9.17) is 9.47 Å². The Morgan fingerprint density at radius 2 is 1.15 bits per heavy atom. The number of carbonyl (C=O) groups excluding carboxylic acids is 2. The Bertz CT molecular complexity index is 1000. The van der Waals surface area contributed by atoms with E-state index in [9.17, 15) is 67.4 Å². The first-order valence-corrected chi connectivity index (χ1v) is 14.6. The number of esters is 2. The van der Waals surface area contributed by atoms with E-state index in [2.05, 4.69) is 4.74 Å². The fraction of sp³-hybridized carbons (Fsp3) is 0.929. The molecule has 1 aliphatic carbocycles. The summed E-state index contributed by atoms with van der Waals surface area (Å²) >= 11 is 0. The molecular formula is C28H40F12O6. The Labute approximate surface area is 258 Å². The Morgan fingerprint density at radius 3 is 1.52 bits per heavy atom. The number of rotatable bonds is 13. The molecule has 3 atom stereocenters. The Morgan fingerprint density at radius 1 is 0.696 bits per heavy atom. The first-order chi connectivity index (χ1) is 20.4. The zero-order valence-corrected chi connectivity index (χ0v) is 26.1. The van der Waals surface area contributed by atoms with E-state index < -0.39 is 96.3 Å². The summed E-state index contributed by atoms with van der Waals surface area (Å²) in [6.45, 7) is 6.16. The van der Waals surface area contributed by atoms with Crippen molar-refractivity contribution in [2.45, 2.75) is 153 Å². The number of hydrogen-bond acceptors (Lipinski definition) is 6. The predicted octanol–water partition coefficient (Wildman–Crippen LogP) is 8.53. The van der Waals surface area contributed by atoms with Crippen LogP contribution in [0.5, 0.6) is 0 Å². The van der Waals surface area contributed by atoms with Crippen LogP contribution in [0.1, 0.15) is 99.3 Å². The molecular weight excluding hydrogens is 660 g/mol. The van der Waals surface area contributed by atoms with Crippen LogP contribution in [0.15, 0.2) is 0 Å². The summed E-state index contributed by atoms with van der Waals surface area (Å²) in [4.78, 5) is 25.7. The molecule has 0 aromatic carbocycles. The largest absolute Gasteiger partial charge is 0.462 e. The molecule has 0 heterocycles. The lowest BCUT2D eigenvalue weighted by molar-refractivity contribution is -0.404. The molecule has 0 radical (unpaired) electrons. The third-order valence-electron chi connectivity index (χ3n) is 8.61. The molecule has 46 heavy (non-hydrogen) atoms. The van der Waals surface area contributed by atoms with Gasteiger partial charge in [-0.15, -0.1) is 0 Å². The summed E-state index contributed by atoms with van der Waals surface area (Å²) in [5.41, 5.74) is -15.2. The first kappa shape index (κ1) is 42.0. The van der Waals surface area contributed by atoms with Crippen molar-refractivity contribution in [3.8, 4) is 0 Å². The average Bonchev–Trinajstić information content (AvgIpc) is 2.89. The fourth-order valence-corrected chi connectivity index (χ4v) is 4.88. The number of aliphatic hydroxyl groups is 1. The third-order valence-corrected chi connectivity index (χ3v) is 8.61. The minimum atomic E-state index is -6.35. The van der Waals surface area contributed by atoms with Crippen molar-refractivity contribution in [1.29, 1.82) is 0 Å². The third kappa shape index (κ3) is 9.13. The molecule has 0 amide bonds. The molecule has 1 saturated carbocycles. The standard InChI is InChI=1S/C28H40F12O6/c1-7-21(4,5)19(41)44-16(3)14-24(27(35,36)37,28(38,39)40)46-22(6,8-2)20(42)45-18(17-12-10-9-11-13-17)15-23(43,25(29,30)31)26(32,33)34/h16-18,43H,7-15H2,1-6H3. The summed E-state index contributed by atoms with van der Waals surface area (Å²) < 4.78 is 182. The van der Waals surface area contributed by atoms with Gasteiger partial charge in [-0.1, -0.05) is 33.1 Å². The van der Waals surface area contributed by atoms with Crippen molar-refractivity contribution >= 4 is 11.9 Å². The van der Waals surface area contributed by atoms with Gasteiger partial charge in [0.1, 0.15) is 12.2 Å². The summed E-state index contributed by atoms with van der Waals surface area (Å²) in [6, 6.07) is 0. The van der Waals surface area contributed by atoms with Gasteiger partial charge in [0, 0.05) is 12.8 Å². The molecule has 272 valence electrons. The van der Waals surface area contributed by atoms with Crippen molar-refractivity contribution in [3.63, 3.8) is 0 Å². The Balaban J connectivity index is 3.64. The minimum absolute atomic E-state index is 0.0957. The lowest BCUT2D eigenvalue weighted by Crippen LogP contribution is -2.65. The van der Waals surface area contributed by atoms with Crippen LogP contribution < -0.4 is 0 Å². The highest BCUT2D eigenvalue weighted by atomic mass is 19.4. The van der Waals surface area contributed by atoms with Gasteiger partial charge in [-0.05, 0) is 59.3 Å². The smallest absolute Gasteiger partial charge is 0.426 e. The van der Waals surface area contributed by atoms with Crippen molar-refractivity contribution in [2.75, 3.05) is 0 Å². The maximum atomic E-state index is 14.4. The maximum Gasteiger partial charge on any atom is 0.426 e. The summed E-state index contributed by atoms with van der Waals surface area (Å²) in [7, 11) is 0. The van der Waals surface area contributed by atoms with E-state index in [1.54, 1.807) is 0 Å². The number of carbonyl (C=O) groups is 2. The molecule has 1 fully saturated rings. The van der Waals surface area contributed by atoms with Gasteiger partial charge < -0.3 is 19.3 Å². The molecule has 1 N–H and O–H groups in total. The minimum Gasteiger partial charge on any atom is -0.462 e. The Kier molecular flexibility index (Phi) is 13.0. The van der Waals surface area contributed by atoms with Crippen LogP contribution in [-0.4, -0.2) is 70.8 Å². The molecule has 18 heteroatoms. The van der Waals surface area contributed by atoms with E-state index in [1.165, 1.54) is 20.8 Å². The molecule has 0 saturated heterocycles. The summed E-state index contributed by atoms with van der Waals surface area (Å²) in [5, 5.41) is 9.79. The topological polar surface area (TPSA) is 82.1 Å². The van der Waals surface area contributed by atoms with E-state index in [0.717, 1.165) is 13.8 Å². The highest BCUT2D eigenvalue weighted by Gasteiger charge is 2.75. The van der Waals surface area contributed by atoms with Gasteiger partial charge in [-0.2, -0.15) is 52.7 Å². The summed E-state index contributed by atoms with van der Waals surface area (Å²) in [6.07, 6.45) is -34.6. The van der Waals surface area contributed by atoms with E-state index in [0.29, 0.717) is 13.3 Å². The predicted molar refractivity (Wildman–Crippen MR) is 137 cm³/mol. The van der Waals surface area contributed by atoms with Crippen LogP contribution in [-0.2, 0) is 23.8 Å². The number of alkyl halides is 12. The number of halogens is 12. The lowest BCUT2D eigenvalue weighted by atomic mass is 9.80. The molecule has 0 aromatic heterocycles. The van der Waals surface area contributed by atoms with Gasteiger partial charge in [-0.25, -0.2) is 4.79 Å². The molecule has 0 aromatic rings. The van der Waals surface area contributed by atoms with Crippen molar-refractivity contribution in [3.05, 3.63) is 0 Å². The van der Waals surface area contributed by atoms with Crippen molar-refractivity contribution in [2.24, 2.45) is 11.3 Å². The van der Waals surface area contributed by atoms with Crippen LogP contribution in [0.25, 0.3) is 0 Å². The van der Waals surface area contributed by atoms with Gasteiger partial charge in [0.2, 0.25) is 0 Å². The average molecular weight is 701 g/mol. The van der Waals surface area contributed by atoms with Crippen LogP contribution in [0.2, 0.25) is 0 Å². The van der Waals surface area contributed by atoms with Gasteiger partial charge in [-0.3, -0.25) is 4.79 Å². The fourth-order valence-electron chi connectivity index (χ4n) is 4.88. The van der Waals surface area contributed by atoms with Crippen molar-refractivity contribution < 1.29 is 81.6 Å². The monoisotopic (exact) mass is 700 g/mol. The number of hydrogen-bond donors (Lipinski definition) is 1. The van der Waals surface area contributed by atoms with E-state index >= 15 is 0 Å². The van der Waals surface area contributed by atoms with E-state index in [1.807, 2.05) is 0 Å². The van der Waals surface area contributed by atoms with Gasteiger partial charge in [0.15, 0.2) is 5.60 Å². The molecule has 6 nitrogen and oxygen atoms in total. The molecule has 0 spiro atoms. The zero-order chi connectivity index (χ0) is 36.4. The van der Waals surface area contributed by atoms with Crippen LogP contribution in [0.3, 0.4) is 0 Å². The second-order valence-electron chi connectivity index (χ2n) is 12.6. The second kappa shape index (κ2) is 14.2. The molecule has 0 bridgehead atoms. The first-order valence-electron chi connectivity index (χ1n) is 14.6. The zero-order valence-electron chi connectivity index (χ0n) is 26.1. The van der Waals surface area contributed by atoms with Crippen LogP contribution in [0, 0.1) is 11.3 Å². The van der Waals surface area contributed by atoms with Gasteiger partial charge in [0.05, 0.1) is 5.41 Å². The Hall–Kier alpha value is -1.98. The highest BCUT2D eigenvalue weighted by molar-refractivity contribution is 5.79. The second-order valence-corrected chi connectivity index (χ2v) is 12.6. The molecule has 1 aliphatic rings. The normalized spacial score (nSPS) is 19.3. The lowest BCUT2D eigenvalue weighted by Gasteiger charge is -2.44. The summed E-state index contributed by atoms with van der Waals surface area (Å²) in [5.74, 6) is -4.52. The van der Waals surface area contributed by atoms with Crippen LogP contribution in [0.4, 0.5) is 52.7 Å². The number of ether oxygens (including phenoxy) is 3.